The summed E-state index contributed by atoms with van der Waals surface area (Å²) in [5.74, 6) is 0.574. The van der Waals surface area contributed by atoms with E-state index in [1.165, 1.54) is 19.2 Å². The Kier molecular flexibility index (Phi) is 8.07. The number of methoxy groups -OCH3 is 2. The third-order valence-electron chi connectivity index (χ3n) is 2.56. The van der Waals surface area contributed by atoms with Gasteiger partial charge in [-0.05, 0) is 6.07 Å². The van der Waals surface area contributed by atoms with Crippen molar-refractivity contribution in [2.45, 2.75) is 6.10 Å². The number of hydrogen-bond acceptors (Lipinski definition) is 6. The molecule has 0 heterocycles. The van der Waals surface area contributed by atoms with Crippen molar-refractivity contribution in [1.82, 2.24) is 0 Å². The Hall–Kier alpha value is -1.34. The minimum absolute atomic E-state index is 0.0359. The predicted molar refractivity (Wildman–Crippen MR) is 77.6 cm³/mol. The SMILES string of the molecule is COCCOCC(O)COc1c(C=O)cc(Cl)cc1OC. The van der Waals surface area contributed by atoms with Gasteiger partial charge in [-0.25, -0.2) is 0 Å². The van der Waals surface area contributed by atoms with Crippen LogP contribution in [0.1, 0.15) is 10.4 Å². The summed E-state index contributed by atoms with van der Waals surface area (Å²) in [6.07, 6.45) is -0.215. The van der Waals surface area contributed by atoms with Crippen LogP contribution in [0.15, 0.2) is 12.1 Å². The van der Waals surface area contributed by atoms with Crippen LogP contribution in [-0.2, 0) is 9.47 Å². The van der Waals surface area contributed by atoms with E-state index in [0.717, 1.165) is 0 Å². The molecule has 0 spiro atoms. The van der Waals surface area contributed by atoms with Gasteiger partial charge in [-0.2, -0.15) is 0 Å². The second-order valence-electron chi connectivity index (χ2n) is 4.18. The Balaban J connectivity index is 2.59. The van der Waals surface area contributed by atoms with Gasteiger partial charge in [-0.15, -0.1) is 0 Å². The quantitative estimate of drug-likeness (QED) is 0.521. The zero-order chi connectivity index (χ0) is 15.7. The Bertz CT molecular complexity index is 451. The summed E-state index contributed by atoms with van der Waals surface area (Å²) in [6.45, 7) is 0.910. The summed E-state index contributed by atoms with van der Waals surface area (Å²) in [7, 11) is 3.01. The fourth-order valence-electron chi connectivity index (χ4n) is 1.57. The fourth-order valence-corrected chi connectivity index (χ4v) is 1.79. The number of halogens is 1. The largest absolute Gasteiger partial charge is 0.493 e. The number of benzene rings is 1. The molecular weight excluding hydrogens is 300 g/mol. The lowest BCUT2D eigenvalue weighted by Gasteiger charge is -2.16. The number of aliphatic hydroxyl groups is 1. The van der Waals surface area contributed by atoms with Crippen molar-refractivity contribution in [3.05, 3.63) is 22.7 Å². The summed E-state index contributed by atoms with van der Waals surface area (Å²) >= 11 is 5.86. The van der Waals surface area contributed by atoms with Gasteiger partial charge in [0.05, 0.1) is 32.5 Å². The minimum atomic E-state index is -0.832. The van der Waals surface area contributed by atoms with E-state index in [1.54, 1.807) is 7.11 Å². The summed E-state index contributed by atoms with van der Waals surface area (Å²) in [4.78, 5) is 11.0. The van der Waals surface area contributed by atoms with E-state index in [2.05, 4.69) is 0 Å². The van der Waals surface area contributed by atoms with Crippen molar-refractivity contribution in [3.63, 3.8) is 0 Å². The number of aliphatic hydroxyl groups excluding tert-OH is 1. The molecule has 0 saturated heterocycles. The Morgan fingerprint density at radius 2 is 2.05 bits per heavy atom. The number of rotatable bonds is 10. The highest BCUT2D eigenvalue weighted by molar-refractivity contribution is 6.31. The lowest BCUT2D eigenvalue weighted by molar-refractivity contribution is -0.00457. The molecule has 1 aromatic rings. The molecule has 0 aliphatic heterocycles. The first-order chi connectivity index (χ1) is 10.1. The lowest BCUT2D eigenvalue weighted by atomic mass is 10.2. The first kappa shape index (κ1) is 17.7. The molecule has 1 atom stereocenters. The molecule has 0 aliphatic rings. The fraction of sp³-hybridized carbons (Fsp3) is 0.500. The van der Waals surface area contributed by atoms with Crippen molar-refractivity contribution in [2.75, 3.05) is 40.6 Å². The van der Waals surface area contributed by atoms with Gasteiger partial charge >= 0.3 is 0 Å². The zero-order valence-corrected chi connectivity index (χ0v) is 12.8. The number of aldehydes is 1. The molecule has 0 amide bonds. The molecule has 0 saturated carbocycles. The van der Waals surface area contributed by atoms with Crippen LogP contribution in [0.5, 0.6) is 11.5 Å². The summed E-state index contributed by atoms with van der Waals surface area (Å²) < 4.78 is 20.6. The molecule has 1 N–H and O–H groups in total. The standard InChI is InChI=1S/C14H19ClO6/c1-18-3-4-20-8-12(17)9-21-14-10(7-16)5-11(15)6-13(14)19-2/h5-7,12,17H,3-4,8-9H2,1-2H3. The highest BCUT2D eigenvalue weighted by Crippen LogP contribution is 2.33. The molecule has 1 unspecified atom stereocenters. The molecule has 0 radical (unpaired) electrons. The summed E-state index contributed by atoms with van der Waals surface area (Å²) in [5.41, 5.74) is 0.256. The highest BCUT2D eigenvalue weighted by atomic mass is 35.5. The van der Waals surface area contributed by atoms with Gasteiger partial charge in [0, 0.05) is 18.2 Å². The molecule has 21 heavy (non-hydrogen) atoms. The van der Waals surface area contributed by atoms with Gasteiger partial charge in [0.25, 0.3) is 0 Å². The van der Waals surface area contributed by atoms with Crippen LogP contribution < -0.4 is 9.47 Å². The van der Waals surface area contributed by atoms with Gasteiger partial charge in [0.1, 0.15) is 12.7 Å². The van der Waals surface area contributed by atoms with Crippen LogP contribution in [-0.4, -0.2) is 58.1 Å². The summed E-state index contributed by atoms with van der Waals surface area (Å²) in [5, 5.41) is 10.1. The van der Waals surface area contributed by atoms with Gasteiger partial charge < -0.3 is 24.1 Å². The number of carbonyl (C=O) groups is 1. The lowest BCUT2D eigenvalue weighted by Crippen LogP contribution is -2.24. The molecule has 1 rings (SSSR count). The molecule has 0 aromatic heterocycles. The second kappa shape index (κ2) is 9.57. The Morgan fingerprint density at radius 3 is 2.67 bits per heavy atom. The maximum absolute atomic E-state index is 11.0. The van der Waals surface area contributed by atoms with Crippen molar-refractivity contribution >= 4 is 17.9 Å². The first-order valence-corrected chi connectivity index (χ1v) is 6.70. The van der Waals surface area contributed by atoms with E-state index >= 15 is 0 Å². The van der Waals surface area contributed by atoms with Gasteiger partial charge in [-0.1, -0.05) is 11.6 Å². The van der Waals surface area contributed by atoms with Gasteiger partial charge in [-0.3, -0.25) is 4.79 Å². The maximum atomic E-state index is 11.0. The zero-order valence-electron chi connectivity index (χ0n) is 12.0. The number of ether oxygens (including phenoxy) is 4. The third-order valence-corrected chi connectivity index (χ3v) is 2.78. The smallest absolute Gasteiger partial charge is 0.171 e. The predicted octanol–water partition coefficient (Wildman–Crippen LogP) is 1.56. The Labute approximate surface area is 128 Å². The third kappa shape index (κ3) is 5.89. The van der Waals surface area contributed by atoms with Crippen molar-refractivity contribution in [3.8, 4) is 11.5 Å². The van der Waals surface area contributed by atoms with Crippen molar-refractivity contribution in [1.29, 1.82) is 0 Å². The van der Waals surface area contributed by atoms with Crippen LogP contribution in [0.2, 0.25) is 5.02 Å². The average molecular weight is 319 g/mol. The Morgan fingerprint density at radius 1 is 1.29 bits per heavy atom. The number of carbonyl (C=O) groups excluding carboxylic acids is 1. The van der Waals surface area contributed by atoms with E-state index in [1.807, 2.05) is 0 Å². The van der Waals surface area contributed by atoms with E-state index in [-0.39, 0.29) is 24.5 Å². The van der Waals surface area contributed by atoms with Gasteiger partial charge in [0.15, 0.2) is 17.8 Å². The molecule has 0 bridgehead atoms. The van der Waals surface area contributed by atoms with Crippen LogP contribution in [0.25, 0.3) is 0 Å². The highest BCUT2D eigenvalue weighted by Gasteiger charge is 2.14. The molecule has 7 heteroatoms. The van der Waals surface area contributed by atoms with Crippen LogP contribution in [0.4, 0.5) is 0 Å². The molecule has 0 aliphatic carbocycles. The number of hydrogen-bond donors (Lipinski definition) is 1. The van der Waals surface area contributed by atoms with Crippen molar-refractivity contribution < 1.29 is 28.8 Å². The molecule has 118 valence electrons. The average Bonchev–Trinajstić information content (AvgIpc) is 2.49. The topological polar surface area (TPSA) is 74.2 Å². The van der Waals surface area contributed by atoms with Crippen LogP contribution >= 0.6 is 11.6 Å². The second-order valence-corrected chi connectivity index (χ2v) is 4.61. The van der Waals surface area contributed by atoms with E-state index in [0.29, 0.717) is 30.3 Å². The maximum Gasteiger partial charge on any atom is 0.171 e. The summed E-state index contributed by atoms with van der Waals surface area (Å²) in [6, 6.07) is 3.00. The van der Waals surface area contributed by atoms with E-state index < -0.39 is 6.10 Å². The van der Waals surface area contributed by atoms with Gasteiger partial charge in [0.2, 0.25) is 0 Å². The monoisotopic (exact) mass is 318 g/mol. The molecule has 0 fully saturated rings. The first-order valence-electron chi connectivity index (χ1n) is 6.32. The molecule has 6 nitrogen and oxygen atoms in total. The van der Waals surface area contributed by atoms with E-state index in [4.69, 9.17) is 30.5 Å². The molecular formula is C14H19ClO6. The van der Waals surface area contributed by atoms with Crippen LogP contribution in [0, 0.1) is 0 Å². The normalized spacial score (nSPS) is 12.0. The van der Waals surface area contributed by atoms with Crippen molar-refractivity contribution in [2.24, 2.45) is 0 Å². The van der Waals surface area contributed by atoms with Crippen LogP contribution in [0.3, 0.4) is 0 Å². The van der Waals surface area contributed by atoms with E-state index in [9.17, 15) is 9.90 Å². The minimum Gasteiger partial charge on any atom is -0.493 e. The molecule has 1 aromatic carbocycles.